The molecule has 1 fully saturated rings. The number of benzene rings is 1. The molecule has 1 aliphatic rings. The molecule has 0 spiro atoms. The molecule has 3 nitrogen and oxygen atoms in total. The number of aromatic nitrogens is 1. The quantitative estimate of drug-likeness (QED) is 0.781. The number of likely N-dealkylation sites (tertiary alicyclic amines) is 1. The summed E-state index contributed by atoms with van der Waals surface area (Å²) in [5, 5.41) is 2.31. The van der Waals surface area contributed by atoms with Gasteiger partial charge >= 0.3 is 0 Å². The minimum Gasteiger partial charge on any atom is -0.337 e. The Morgan fingerprint density at radius 1 is 1.42 bits per heavy atom. The highest BCUT2D eigenvalue weighted by molar-refractivity contribution is 7.13. The molecule has 1 saturated heterocycles. The number of hydrogen-bond donors (Lipinski definition) is 0. The van der Waals surface area contributed by atoms with Crippen LogP contribution in [-0.4, -0.2) is 28.9 Å². The van der Waals surface area contributed by atoms with E-state index in [4.69, 9.17) is 0 Å². The van der Waals surface area contributed by atoms with E-state index in [1.54, 1.807) is 23.6 Å². The fourth-order valence-corrected chi connectivity index (χ4v) is 4.41. The van der Waals surface area contributed by atoms with Crippen LogP contribution in [0.4, 0.5) is 4.39 Å². The second-order valence-electron chi connectivity index (χ2n) is 6.91. The topological polar surface area (TPSA) is 33.2 Å². The van der Waals surface area contributed by atoms with Crippen molar-refractivity contribution < 1.29 is 9.18 Å². The van der Waals surface area contributed by atoms with Gasteiger partial charge in [0.15, 0.2) is 0 Å². The van der Waals surface area contributed by atoms with Crippen molar-refractivity contribution in [3.05, 3.63) is 41.2 Å². The summed E-state index contributed by atoms with van der Waals surface area (Å²) in [6, 6.07) is 6.55. The molecule has 1 amide bonds. The Balaban J connectivity index is 1.78. The zero-order chi connectivity index (χ0) is 17.2. The highest BCUT2D eigenvalue weighted by Crippen LogP contribution is 2.35. The fourth-order valence-electron chi connectivity index (χ4n) is 3.59. The summed E-state index contributed by atoms with van der Waals surface area (Å²) >= 11 is 1.32. The number of carbonyl (C=O) groups is 1. The summed E-state index contributed by atoms with van der Waals surface area (Å²) in [6.45, 7) is 6.02. The zero-order valence-electron chi connectivity index (χ0n) is 14.2. The van der Waals surface area contributed by atoms with Gasteiger partial charge in [-0.15, -0.1) is 11.3 Å². The molecule has 0 radical (unpaired) electrons. The molecule has 2 aromatic rings. The molecule has 5 heteroatoms. The van der Waals surface area contributed by atoms with Crippen LogP contribution >= 0.6 is 11.3 Å². The van der Waals surface area contributed by atoms with E-state index in [0.717, 1.165) is 32.4 Å². The Kier molecular flexibility index (Phi) is 4.99. The van der Waals surface area contributed by atoms with E-state index in [0.29, 0.717) is 16.3 Å². The molecule has 3 rings (SSSR count). The first kappa shape index (κ1) is 17.1. The van der Waals surface area contributed by atoms with Crippen molar-refractivity contribution in [1.29, 1.82) is 0 Å². The van der Waals surface area contributed by atoms with Crippen LogP contribution in [0.1, 0.15) is 50.0 Å². The van der Waals surface area contributed by atoms with Gasteiger partial charge in [-0.2, -0.15) is 0 Å². The predicted molar refractivity (Wildman–Crippen MR) is 95.7 cm³/mol. The summed E-state index contributed by atoms with van der Waals surface area (Å²) in [7, 11) is 0. The van der Waals surface area contributed by atoms with Crippen molar-refractivity contribution in [2.75, 3.05) is 13.1 Å². The van der Waals surface area contributed by atoms with E-state index in [-0.39, 0.29) is 17.1 Å². The van der Waals surface area contributed by atoms with E-state index in [1.165, 1.54) is 23.8 Å². The Hall–Kier alpha value is -1.75. The van der Waals surface area contributed by atoms with Crippen molar-refractivity contribution in [3.8, 4) is 10.6 Å². The van der Waals surface area contributed by atoms with E-state index >= 15 is 0 Å². The maximum Gasteiger partial charge on any atom is 0.273 e. The lowest BCUT2D eigenvalue weighted by Gasteiger charge is -2.40. The molecule has 0 saturated carbocycles. The van der Waals surface area contributed by atoms with Gasteiger partial charge in [0.05, 0.1) is 0 Å². The van der Waals surface area contributed by atoms with Gasteiger partial charge in [-0.25, -0.2) is 9.37 Å². The lowest BCUT2D eigenvalue weighted by molar-refractivity contribution is 0.0525. The first-order valence-corrected chi connectivity index (χ1v) is 9.40. The monoisotopic (exact) mass is 346 g/mol. The second kappa shape index (κ2) is 7.01. The number of rotatable bonds is 4. The summed E-state index contributed by atoms with van der Waals surface area (Å²) in [4.78, 5) is 19.1. The fraction of sp³-hybridized carbons (Fsp3) is 0.474. The first-order chi connectivity index (χ1) is 11.5. The molecule has 1 aromatic heterocycles. The van der Waals surface area contributed by atoms with Crippen LogP contribution in [0.5, 0.6) is 0 Å². The molecule has 1 atom stereocenters. The molecule has 0 N–H and O–H groups in total. The smallest absolute Gasteiger partial charge is 0.273 e. The second-order valence-corrected chi connectivity index (χ2v) is 7.77. The molecule has 1 aliphatic heterocycles. The molecule has 0 aliphatic carbocycles. The lowest BCUT2D eigenvalue weighted by atomic mass is 9.78. The van der Waals surface area contributed by atoms with Gasteiger partial charge in [-0.05, 0) is 36.8 Å². The predicted octanol–water partition coefficient (Wildman–Crippen LogP) is 4.99. The number of halogens is 1. The Labute approximate surface area is 146 Å². The normalized spacial score (nSPS) is 21.0. The van der Waals surface area contributed by atoms with Crippen molar-refractivity contribution in [2.24, 2.45) is 5.41 Å². The van der Waals surface area contributed by atoms with Crippen LogP contribution in [0.15, 0.2) is 29.6 Å². The third-order valence-corrected chi connectivity index (χ3v) is 5.62. The average molecular weight is 346 g/mol. The van der Waals surface area contributed by atoms with Gasteiger partial charge in [-0.3, -0.25) is 4.79 Å². The Bertz CT molecular complexity index is 726. The standard InChI is InChI=1S/C19H23FN2OS/c1-3-9-19(2)10-6-11-22(13-19)18(23)16-12-24-17(21-16)14-7-4-5-8-15(14)20/h4-5,7-8,12H,3,6,9-11,13H2,1-2H3/t19-/m1/s1. The SMILES string of the molecule is CCC[C@]1(C)CCCN(C(=O)c2csc(-c3ccccc3F)n2)C1. The van der Waals surface area contributed by atoms with Gasteiger partial charge in [0.1, 0.15) is 16.5 Å². The van der Waals surface area contributed by atoms with Crippen LogP contribution in [0, 0.1) is 11.2 Å². The minimum atomic E-state index is -0.306. The maximum absolute atomic E-state index is 13.9. The highest BCUT2D eigenvalue weighted by Gasteiger charge is 2.33. The summed E-state index contributed by atoms with van der Waals surface area (Å²) in [5.74, 6) is -0.338. The first-order valence-electron chi connectivity index (χ1n) is 8.52. The Morgan fingerprint density at radius 3 is 2.96 bits per heavy atom. The molecule has 24 heavy (non-hydrogen) atoms. The molecule has 1 aromatic carbocycles. The molecule has 0 unspecified atom stereocenters. The number of nitrogens with zero attached hydrogens (tertiary/aromatic N) is 2. The van der Waals surface area contributed by atoms with Crippen molar-refractivity contribution in [1.82, 2.24) is 9.88 Å². The van der Waals surface area contributed by atoms with Crippen molar-refractivity contribution in [3.63, 3.8) is 0 Å². The van der Waals surface area contributed by atoms with Gasteiger partial charge in [0.25, 0.3) is 5.91 Å². The van der Waals surface area contributed by atoms with Gasteiger partial charge < -0.3 is 4.90 Å². The van der Waals surface area contributed by atoms with Crippen molar-refractivity contribution >= 4 is 17.2 Å². The molecule has 128 valence electrons. The van der Waals surface area contributed by atoms with Crippen LogP contribution in [-0.2, 0) is 0 Å². The summed E-state index contributed by atoms with van der Waals surface area (Å²) in [5.41, 5.74) is 1.09. The van der Waals surface area contributed by atoms with Crippen molar-refractivity contribution in [2.45, 2.75) is 39.5 Å². The molecular formula is C19H23FN2OS. The molecule has 2 heterocycles. The number of amides is 1. The summed E-state index contributed by atoms with van der Waals surface area (Å²) in [6.07, 6.45) is 4.47. The number of carbonyl (C=O) groups excluding carboxylic acids is 1. The van der Waals surface area contributed by atoms with Gasteiger partial charge in [0.2, 0.25) is 0 Å². The van der Waals surface area contributed by atoms with Crippen LogP contribution in [0.25, 0.3) is 10.6 Å². The van der Waals surface area contributed by atoms with E-state index < -0.39 is 0 Å². The lowest BCUT2D eigenvalue weighted by Crippen LogP contribution is -2.44. The van der Waals surface area contributed by atoms with Crippen LogP contribution in [0.2, 0.25) is 0 Å². The van der Waals surface area contributed by atoms with E-state index in [9.17, 15) is 9.18 Å². The van der Waals surface area contributed by atoms with E-state index in [2.05, 4.69) is 18.8 Å². The third-order valence-electron chi connectivity index (χ3n) is 4.75. The van der Waals surface area contributed by atoms with Gasteiger partial charge in [0, 0.05) is 24.0 Å². The van der Waals surface area contributed by atoms with Crippen LogP contribution < -0.4 is 0 Å². The minimum absolute atomic E-state index is 0.0316. The van der Waals surface area contributed by atoms with E-state index in [1.807, 2.05) is 4.90 Å². The molecule has 0 bridgehead atoms. The maximum atomic E-state index is 13.9. The molecular weight excluding hydrogens is 323 g/mol. The number of thiazole rings is 1. The largest absolute Gasteiger partial charge is 0.337 e. The van der Waals surface area contributed by atoms with Gasteiger partial charge in [-0.1, -0.05) is 32.4 Å². The zero-order valence-corrected chi connectivity index (χ0v) is 15.0. The highest BCUT2D eigenvalue weighted by atomic mass is 32.1. The number of hydrogen-bond acceptors (Lipinski definition) is 3. The van der Waals surface area contributed by atoms with Crippen LogP contribution in [0.3, 0.4) is 0 Å². The number of piperidine rings is 1. The Morgan fingerprint density at radius 2 is 2.21 bits per heavy atom. The summed E-state index contributed by atoms with van der Waals surface area (Å²) < 4.78 is 13.9. The average Bonchev–Trinajstić information content (AvgIpc) is 3.04. The third kappa shape index (κ3) is 3.51.